The van der Waals surface area contributed by atoms with Crippen LogP contribution in [0.4, 0.5) is 0 Å². The van der Waals surface area contributed by atoms with Crippen LogP contribution in [-0.2, 0) is 9.53 Å². The fourth-order valence-electron chi connectivity index (χ4n) is 3.41. The smallest absolute Gasteiger partial charge is 0.329 e. The summed E-state index contributed by atoms with van der Waals surface area (Å²) in [6.07, 6.45) is 6.77. The standard InChI is InChI=1S/C18H24N2O5/c21-16(20-18(17(22)23)7-3-1-2-4-8-18)13-5-9-19-15(11-13)25-14-6-10-24-12-14/h5,9,11,14H,1-4,6-8,10,12H2,(H,20,21)(H,22,23). The maximum atomic E-state index is 12.6. The van der Waals surface area contributed by atoms with E-state index in [-0.39, 0.29) is 6.10 Å². The zero-order valence-electron chi connectivity index (χ0n) is 14.2. The largest absolute Gasteiger partial charge is 0.480 e. The van der Waals surface area contributed by atoms with E-state index >= 15 is 0 Å². The molecule has 1 atom stereocenters. The molecule has 136 valence electrons. The van der Waals surface area contributed by atoms with Crippen molar-refractivity contribution in [2.24, 2.45) is 0 Å². The van der Waals surface area contributed by atoms with Crippen LogP contribution in [0.5, 0.6) is 5.88 Å². The third-order valence-corrected chi connectivity index (χ3v) is 4.89. The first-order chi connectivity index (χ1) is 12.1. The number of carbonyl (C=O) groups excluding carboxylic acids is 1. The highest BCUT2D eigenvalue weighted by atomic mass is 16.5. The summed E-state index contributed by atoms with van der Waals surface area (Å²) in [5, 5.41) is 12.5. The number of amides is 1. The van der Waals surface area contributed by atoms with Gasteiger partial charge < -0.3 is 19.9 Å². The second-order valence-corrected chi connectivity index (χ2v) is 6.74. The Kier molecular flexibility index (Phi) is 5.53. The second-order valence-electron chi connectivity index (χ2n) is 6.74. The number of carboxylic acids is 1. The van der Waals surface area contributed by atoms with Crippen molar-refractivity contribution in [3.05, 3.63) is 23.9 Å². The molecule has 2 N–H and O–H groups in total. The lowest BCUT2D eigenvalue weighted by Gasteiger charge is -2.29. The molecule has 1 aromatic heterocycles. The molecule has 2 heterocycles. The molecule has 1 unspecified atom stereocenters. The van der Waals surface area contributed by atoms with Crippen LogP contribution < -0.4 is 10.1 Å². The molecule has 1 saturated carbocycles. The van der Waals surface area contributed by atoms with Crippen LogP contribution in [0.2, 0.25) is 0 Å². The topological polar surface area (TPSA) is 97.8 Å². The minimum absolute atomic E-state index is 0.0574. The van der Waals surface area contributed by atoms with E-state index in [1.807, 2.05) is 0 Å². The maximum absolute atomic E-state index is 12.6. The molecule has 7 heteroatoms. The fraction of sp³-hybridized carbons (Fsp3) is 0.611. The summed E-state index contributed by atoms with van der Waals surface area (Å²) in [4.78, 5) is 28.6. The number of carboxylic acid groups (broad SMARTS) is 1. The van der Waals surface area contributed by atoms with Crippen LogP contribution >= 0.6 is 0 Å². The molecule has 3 rings (SSSR count). The summed E-state index contributed by atoms with van der Waals surface area (Å²) < 4.78 is 11.0. The Morgan fingerprint density at radius 2 is 2.04 bits per heavy atom. The number of nitrogens with one attached hydrogen (secondary N) is 1. The van der Waals surface area contributed by atoms with E-state index in [1.54, 1.807) is 12.1 Å². The van der Waals surface area contributed by atoms with Crippen molar-refractivity contribution in [1.82, 2.24) is 10.3 Å². The molecule has 1 aliphatic heterocycles. The van der Waals surface area contributed by atoms with Gasteiger partial charge in [-0.25, -0.2) is 9.78 Å². The number of ether oxygens (including phenoxy) is 2. The van der Waals surface area contributed by atoms with Crippen molar-refractivity contribution in [1.29, 1.82) is 0 Å². The van der Waals surface area contributed by atoms with Crippen LogP contribution in [0.25, 0.3) is 0 Å². The molecule has 1 aliphatic carbocycles. The second kappa shape index (κ2) is 7.82. The Balaban J connectivity index is 1.71. The number of pyridine rings is 1. The van der Waals surface area contributed by atoms with E-state index in [0.29, 0.717) is 37.5 Å². The first-order valence-corrected chi connectivity index (χ1v) is 8.85. The van der Waals surface area contributed by atoms with Crippen molar-refractivity contribution >= 4 is 11.9 Å². The molecule has 0 spiro atoms. The molecule has 1 aromatic rings. The normalized spacial score (nSPS) is 22.8. The van der Waals surface area contributed by atoms with Crippen LogP contribution in [-0.4, -0.2) is 46.8 Å². The maximum Gasteiger partial charge on any atom is 0.329 e. The fourth-order valence-corrected chi connectivity index (χ4v) is 3.41. The molecular formula is C18H24N2O5. The first-order valence-electron chi connectivity index (χ1n) is 8.85. The van der Waals surface area contributed by atoms with Crippen molar-refractivity contribution in [3.8, 4) is 5.88 Å². The number of aromatic nitrogens is 1. The van der Waals surface area contributed by atoms with Crippen LogP contribution in [0.15, 0.2) is 18.3 Å². The molecule has 2 aliphatic rings. The highest BCUT2D eigenvalue weighted by Gasteiger charge is 2.40. The average Bonchev–Trinajstić information content (AvgIpc) is 2.99. The predicted octanol–water partition coefficient (Wildman–Crippen LogP) is 2.16. The highest BCUT2D eigenvalue weighted by Crippen LogP contribution is 2.28. The van der Waals surface area contributed by atoms with Gasteiger partial charge in [0, 0.05) is 24.2 Å². The Morgan fingerprint density at radius 3 is 2.68 bits per heavy atom. The van der Waals surface area contributed by atoms with Gasteiger partial charge in [0.25, 0.3) is 5.91 Å². The Bertz CT molecular complexity index is 620. The summed E-state index contributed by atoms with van der Waals surface area (Å²) in [6, 6.07) is 3.12. The lowest BCUT2D eigenvalue weighted by atomic mass is 9.90. The van der Waals surface area contributed by atoms with Crippen LogP contribution in [0.3, 0.4) is 0 Å². The summed E-state index contributed by atoms with van der Waals surface area (Å²) >= 11 is 0. The van der Waals surface area contributed by atoms with Gasteiger partial charge in [-0.3, -0.25) is 4.79 Å². The summed E-state index contributed by atoms with van der Waals surface area (Å²) in [5.74, 6) is -1.01. The molecule has 7 nitrogen and oxygen atoms in total. The van der Waals surface area contributed by atoms with Gasteiger partial charge in [0.2, 0.25) is 5.88 Å². The zero-order chi connectivity index (χ0) is 17.7. The predicted molar refractivity (Wildman–Crippen MR) is 89.6 cm³/mol. The molecule has 1 amide bonds. The summed E-state index contributed by atoms with van der Waals surface area (Å²) in [7, 11) is 0. The van der Waals surface area contributed by atoms with Gasteiger partial charge in [0.1, 0.15) is 11.6 Å². The van der Waals surface area contributed by atoms with Gasteiger partial charge in [-0.05, 0) is 18.9 Å². The number of rotatable bonds is 5. The van der Waals surface area contributed by atoms with Crippen molar-refractivity contribution in [2.75, 3.05) is 13.2 Å². The minimum Gasteiger partial charge on any atom is -0.480 e. The third kappa shape index (κ3) is 4.28. The zero-order valence-corrected chi connectivity index (χ0v) is 14.2. The van der Waals surface area contributed by atoms with E-state index in [9.17, 15) is 14.7 Å². The average molecular weight is 348 g/mol. The Hall–Kier alpha value is -2.15. The number of aliphatic carboxylic acids is 1. The number of carbonyl (C=O) groups is 2. The quantitative estimate of drug-likeness (QED) is 0.791. The number of nitrogens with zero attached hydrogens (tertiary/aromatic N) is 1. The van der Waals surface area contributed by atoms with E-state index < -0.39 is 17.4 Å². The molecule has 2 fully saturated rings. The van der Waals surface area contributed by atoms with Gasteiger partial charge in [-0.2, -0.15) is 0 Å². The van der Waals surface area contributed by atoms with Crippen LogP contribution in [0, 0.1) is 0 Å². The molecule has 0 radical (unpaired) electrons. The molecule has 25 heavy (non-hydrogen) atoms. The Labute approximate surface area is 146 Å². The summed E-state index contributed by atoms with van der Waals surface area (Å²) in [6.45, 7) is 1.17. The third-order valence-electron chi connectivity index (χ3n) is 4.89. The van der Waals surface area contributed by atoms with E-state index in [2.05, 4.69) is 10.3 Å². The van der Waals surface area contributed by atoms with Gasteiger partial charge in [0.05, 0.1) is 13.2 Å². The Morgan fingerprint density at radius 1 is 1.28 bits per heavy atom. The van der Waals surface area contributed by atoms with Gasteiger partial charge >= 0.3 is 5.97 Å². The van der Waals surface area contributed by atoms with E-state index in [0.717, 1.165) is 32.1 Å². The van der Waals surface area contributed by atoms with Crippen molar-refractivity contribution in [2.45, 2.75) is 56.6 Å². The summed E-state index contributed by atoms with van der Waals surface area (Å²) in [5.41, 5.74) is -0.828. The highest BCUT2D eigenvalue weighted by molar-refractivity contribution is 5.98. The van der Waals surface area contributed by atoms with Crippen LogP contribution in [0.1, 0.15) is 55.3 Å². The SMILES string of the molecule is O=C(NC1(C(=O)O)CCCCCC1)c1ccnc(OC2CCOC2)c1. The molecular weight excluding hydrogens is 324 g/mol. The van der Waals surface area contributed by atoms with Gasteiger partial charge in [0.15, 0.2) is 0 Å². The van der Waals surface area contributed by atoms with E-state index in [4.69, 9.17) is 9.47 Å². The first kappa shape index (κ1) is 17.7. The molecule has 0 bridgehead atoms. The van der Waals surface area contributed by atoms with Crippen molar-refractivity contribution in [3.63, 3.8) is 0 Å². The molecule has 0 aromatic carbocycles. The molecule has 1 saturated heterocycles. The monoisotopic (exact) mass is 348 g/mol. The number of hydrogen-bond donors (Lipinski definition) is 2. The van der Waals surface area contributed by atoms with Crippen molar-refractivity contribution < 1.29 is 24.2 Å². The minimum atomic E-state index is -1.18. The number of hydrogen-bond acceptors (Lipinski definition) is 5. The van der Waals surface area contributed by atoms with E-state index in [1.165, 1.54) is 6.20 Å². The lowest BCUT2D eigenvalue weighted by molar-refractivity contribution is -0.145. The van der Waals surface area contributed by atoms with Gasteiger partial charge in [-0.15, -0.1) is 0 Å². The lowest BCUT2D eigenvalue weighted by Crippen LogP contribution is -2.54. The van der Waals surface area contributed by atoms with Gasteiger partial charge in [-0.1, -0.05) is 25.7 Å².